The summed E-state index contributed by atoms with van der Waals surface area (Å²) in [6, 6.07) is 9.42. The van der Waals surface area contributed by atoms with E-state index in [9.17, 15) is 9.59 Å². The molecule has 0 saturated carbocycles. The molecule has 0 radical (unpaired) electrons. The number of anilines is 1. The maximum Gasteiger partial charge on any atom is 0.228 e. The van der Waals surface area contributed by atoms with Crippen LogP contribution in [0.15, 0.2) is 36.5 Å². The quantitative estimate of drug-likeness (QED) is 0.813. The summed E-state index contributed by atoms with van der Waals surface area (Å²) in [7, 11) is 3.52. The molecule has 3 heterocycles. The number of amides is 2. The molecule has 2 aromatic rings. The minimum Gasteiger partial charge on any atom is -0.497 e. The SMILES string of the molecule is COc1ccc(N2C[C@H](C(=O)N3CCC[C@@H](c4ccn(C)n4)C3)CC2=O)cc1. The molecule has 7 heteroatoms. The lowest BCUT2D eigenvalue weighted by molar-refractivity contribution is -0.137. The summed E-state index contributed by atoms with van der Waals surface area (Å²) in [6.45, 7) is 1.88. The molecule has 2 fully saturated rings. The number of carbonyl (C=O) groups excluding carboxylic acids is 2. The van der Waals surface area contributed by atoms with Crippen LogP contribution in [-0.4, -0.2) is 53.2 Å². The zero-order valence-corrected chi connectivity index (χ0v) is 16.4. The number of rotatable bonds is 4. The van der Waals surface area contributed by atoms with E-state index in [1.165, 1.54) is 0 Å². The van der Waals surface area contributed by atoms with Crippen molar-refractivity contribution in [2.75, 3.05) is 31.6 Å². The predicted molar refractivity (Wildman–Crippen MR) is 105 cm³/mol. The fourth-order valence-electron chi connectivity index (χ4n) is 4.21. The maximum absolute atomic E-state index is 13.1. The molecule has 0 spiro atoms. The molecule has 28 heavy (non-hydrogen) atoms. The van der Waals surface area contributed by atoms with Crippen molar-refractivity contribution in [3.8, 4) is 5.75 Å². The van der Waals surface area contributed by atoms with E-state index in [0.29, 0.717) is 13.1 Å². The lowest BCUT2D eigenvalue weighted by atomic mass is 9.93. The number of hydrogen-bond donors (Lipinski definition) is 0. The third-order valence-electron chi connectivity index (χ3n) is 5.74. The maximum atomic E-state index is 13.1. The second-order valence-electron chi connectivity index (χ2n) is 7.64. The molecule has 4 rings (SSSR count). The van der Waals surface area contributed by atoms with Gasteiger partial charge in [-0.05, 0) is 43.2 Å². The Labute approximate surface area is 164 Å². The van der Waals surface area contributed by atoms with Crippen LogP contribution in [0.1, 0.15) is 30.9 Å². The number of methoxy groups -OCH3 is 1. The Morgan fingerprint density at radius 1 is 1.18 bits per heavy atom. The molecule has 0 bridgehead atoms. The minimum atomic E-state index is -0.280. The van der Waals surface area contributed by atoms with Crippen LogP contribution in [-0.2, 0) is 16.6 Å². The second-order valence-corrected chi connectivity index (χ2v) is 7.64. The molecule has 2 saturated heterocycles. The van der Waals surface area contributed by atoms with E-state index < -0.39 is 0 Å². The van der Waals surface area contributed by atoms with Gasteiger partial charge in [0, 0.05) is 50.9 Å². The summed E-state index contributed by atoms with van der Waals surface area (Å²) in [6.07, 6.45) is 4.23. The van der Waals surface area contributed by atoms with Crippen molar-refractivity contribution in [1.29, 1.82) is 0 Å². The van der Waals surface area contributed by atoms with Crippen molar-refractivity contribution < 1.29 is 14.3 Å². The molecule has 148 valence electrons. The lowest BCUT2D eigenvalue weighted by Crippen LogP contribution is -2.43. The fourth-order valence-corrected chi connectivity index (χ4v) is 4.21. The van der Waals surface area contributed by atoms with E-state index in [4.69, 9.17) is 4.74 Å². The molecule has 2 atom stereocenters. The highest BCUT2D eigenvalue weighted by molar-refractivity contribution is 6.00. The van der Waals surface area contributed by atoms with Crippen LogP contribution in [0.3, 0.4) is 0 Å². The topological polar surface area (TPSA) is 67.7 Å². The van der Waals surface area contributed by atoms with Gasteiger partial charge in [-0.15, -0.1) is 0 Å². The number of piperidine rings is 1. The molecular weight excluding hydrogens is 356 g/mol. The smallest absolute Gasteiger partial charge is 0.228 e. The monoisotopic (exact) mass is 382 g/mol. The molecule has 7 nitrogen and oxygen atoms in total. The number of likely N-dealkylation sites (tertiary alicyclic amines) is 1. The molecular formula is C21H26N4O3. The van der Waals surface area contributed by atoms with Gasteiger partial charge in [0.05, 0.1) is 18.7 Å². The normalized spacial score (nSPS) is 22.6. The molecule has 0 unspecified atom stereocenters. The van der Waals surface area contributed by atoms with E-state index in [-0.39, 0.29) is 30.1 Å². The third kappa shape index (κ3) is 3.61. The first-order valence-corrected chi connectivity index (χ1v) is 9.78. The van der Waals surface area contributed by atoms with Gasteiger partial charge >= 0.3 is 0 Å². The summed E-state index contributed by atoms with van der Waals surface area (Å²) in [5, 5.41) is 4.51. The van der Waals surface area contributed by atoms with Crippen LogP contribution >= 0.6 is 0 Å². The first kappa shape index (κ1) is 18.5. The Bertz CT molecular complexity index is 861. The van der Waals surface area contributed by atoms with Crippen molar-refractivity contribution in [2.45, 2.75) is 25.2 Å². The van der Waals surface area contributed by atoms with Crippen LogP contribution in [0.2, 0.25) is 0 Å². The minimum absolute atomic E-state index is 0.00167. The van der Waals surface area contributed by atoms with Gasteiger partial charge < -0.3 is 14.5 Å². The Morgan fingerprint density at radius 2 is 1.96 bits per heavy atom. The standard InChI is InChI=1S/C21H26N4O3/c1-23-11-9-19(22-23)15-4-3-10-24(13-15)21(27)16-12-20(26)25(14-16)17-5-7-18(28-2)8-6-17/h5-9,11,15-16H,3-4,10,12-14H2,1-2H3/t15-,16-/m1/s1. The number of aryl methyl sites for hydroxylation is 1. The van der Waals surface area contributed by atoms with Gasteiger partial charge in [0.15, 0.2) is 0 Å². The number of aromatic nitrogens is 2. The molecule has 2 amide bonds. The van der Waals surface area contributed by atoms with Crippen LogP contribution < -0.4 is 9.64 Å². The molecule has 0 N–H and O–H groups in total. The number of carbonyl (C=O) groups is 2. The van der Waals surface area contributed by atoms with Crippen molar-refractivity contribution in [2.24, 2.45) is 13.0 Å². The van der Waals surface area contributed by atoms with E-state index in [1.54, 1.807) is 16.7 Å². The van der Waals surface area contributed by atoms with Crippen molar-refractivity contribution in [1.82, 2.24) is 14.7 Å². The van der Waals surface area contributed by atoms with Gasteiger partial charge in [0.1, 0.15) is 5.75 Å². The largest absolute Gasteiger partial charge is 0.497 e. The molecule has 2 aliphatic heterocycles. The Balaban J connectivity index is 1.42. The zero-order chi connectivity index (χ0) is 19.7. The Morgan fingerprint density at radius 3 is 2.64 bits per heavy atom. The van der Waals surface area contributed by atoms with Crippen molar-refractivity contribution in [3.63, 3.8) is 0 Å². The first-order chi connectivity index (χ1) is 13.5. The van der Waals surface area contributed by atoms with Crippen LogP contribution in [0.25, 0.3) is 0 Å². The van der Waals surface area contributed by atoms with Gasteiger partial charge in [0.25, 0.3) is 0 Å². The fraction of sp³-hybridized carbons (Fsp3) is 0.476. The highest BCUT2D eigenvalue weighted by Crippen LogP contribution is 2.31. The van der Waals surface area contributed by atoms with E-state index in [0.717, 1.165) is 36.5 Å². The molecule has 0 aliphatic carbocycles. The van der Waals surface area contributed by atoms with Gasteiger partial charge in [-0.25, -0.2) is 0 Å². The highest BCUT2D eigenvalue weighted by atomic mass is 16.5. The summed E-state index contributed by atoms with van der Waals surface area (Å²) in [5.74, 6) is 0.828. The average Bonchev–Trinajstić information content (AvgIpc) is 3.33. The van der Waals surface area contributed by atoms with Gasteiger partial charge in [-0.1, -0.05) is 0 Å². The van der Waals surface area contributed by atoms with Gasteiger partial charge in [-0.2, -0.15) is 5.10 Å². The number of ether oxygens (including phenoxy) is 1. The van der Waals surface area contributed by atoms with Crippen LogP contribution in [0, 0.1) is 5.92 Å². The second kappa shape index (κ2) is 7.66. The number of benzene rings is 1. The Hall–Kier alpha value is -2.83. The van der Waals surface area contributed by atoms with Crippen LogP contribution in [0.4, 0.5) is 5.69 Å². The van der Waals surface area contributed by atoms with E-state index >= 15 is 0 Å². The summed E-state index contributed by atoms with van der Waals surface area (Å²) < 4.78 is 6.98. The van der Waals surface area contributed by atoms with E-state index in [2.05, 4.69) is 5.10 Å². The first-order valence-electron chi connectivity index (χ1n) is 9.78. The zero-order valence-electron chi connectivity index (χ0n) is 16.4. The van der Waals surface area contributed by atoms with Crippen molar-refractivity contribution >= 4 is 17.5 Å². The van der Waals surface area contributed by atoms with E-state index in [1.807, 2.05) is 48.5 Å². The number of nitrogens with zero attached hydrogens (tertiary/aromatic N) is 4. The molecule has 1 aromatic heterocycles. The summed E-state index contributed by atoms with van der Waals surface area (Å²) in [4.78, 5) is 29.3. The predicted octanol–water partition coefficient (Wildman–Crippen LogP) is 2.19. The summed E-state index contributed by atoms with van der Waals surface area (Å²) in [5.41, 5.74) is 1.86. The summed E-state index contributed by atoms with van der Waals surface area (Å²) >= 11 is 0. The third-order valence-corrected chi connectivity index (χ3v) is 5.74. The van der Waals surface area contributed by atoms with Crippen LogP contribution in [0.5, 0.6) is 5.75 Å². The number of hydrogen-bond acceptors (Lipinski definition) is 4. The molecule has 1 aromatic carbocycles. The van der Waals surface area contributed by atoms with Crippen molar-refractivity contribution in [3.05, 3.63) is 42.2 Å². The Kier molecular flexibility index (Phi) is 5.07. The molecule has 2 aliphatic rings. The highest BCUT2D eigenvalue weighted by Gasteiger charge is 2.38. The van der Waals surface area contributed by atoms with Gasteiger partial charge in [0.2, 0.25) is 11.8 Å². The average molecular weight is 382 g/mol. The van der Waals surface area contributed by atoms with Gasteiger partial charge in [-0.3, -0.25) is 14.3 Å². The lowest BCUT2D eigenvalue weighted by Gasteiger charge is -2.33.